The van der Waals surface area contributed by atoms with E-state index in [1.165, 1.54) is 13.2 Å². The highest BCUT2D eigenvalue weighted by Crippen LogP contribution is 2.23. The van der Waals surface area contributed by atoms with Gasteiger partial charge in [-0.25, -0.2) is 19.5 Å². The van der Waals surface area contributed by atoms with Gasteiger partial charge in [-0.2, -0.15) is 4.98 Å². The molecule has 1 aromatic carbocycles. The summed E-state index contributed by atoms with van der Waals surface area (Å²) in [6.07, 6.45) is 0.545. The zero-order valence-corrected chi connectivity index (χ0v) is 20.4. The van der Waals surface area contributed by atoms with Crippen molar-refractivity contribution in [3.8, 4) is 23.0 Å². The summed E-state index contributed by atoms with van der Waals surface area (Å²) in [5.74, 6) is 1.18. The topological polar surface area (TPSA) is 117 Å². The van der Waals surface area contributed by atoms with Gasteiger partial charge in [0.15, 0.2) is 0 Å². The predicted molar refractivity (Wildman–Crippen MR) is 125 cm³/mol. The number of ether oxygens (including phenoxy) is 3. The Labute approximate surface area is 195 Å². The van der Waals surface area contributed by atoms with Gasteiger partial charge in [-0.15, -0.1) is 0 Å². The van der Waals surface area contributed by atoms with Crippen molar-refractivity contribution < 1.29 is 23.8 Å². The minimum atomic E-state index is -0.948. The lowest BCUT2D eigenvalue weighted by atomic mass is 9.93. The van der Waals surface area contributed by atoms with Crippen molar-refractivity contribution in [3.05, 3.63) is 36.5 Å². The first-order valence-electron chi connectivity index (χ1n) is 10.8. The van der Waals surface area contributed by atoms with E-state index in [4.69, 9.17) is 19.9 Å². The molecule has 0 bridgehead atoms. The SMILES string of the molecule is CC(C)C[C@](C)(N)COc1ccc(-c2ccnc(OC(=O)N(C)C(=O)OC(C)(C)C)n2)cc1. The maximum atomic E-state index is 12.2. The summed E-state index contributed by atoms with van der Waals surface area (Å²) in [4.78, 5) is 33.2. The zero-order chi connectivity index (χ0) is 24.8. The number of carbonyl (C=O) groups is 2. The molecule has 0 saturated heterocycles. The second-order valence-corrected chi connectivity index (χ2v) is 9.70. The summed E-state index contributed by atoms with van der Waals surface area (Å²) in [5.41, 5.74) is 6.47. The molecule has 180 valence electrons. The van der Waals surface area contributed by atoms with Crippen LogP contribution in [0.25, 0.3) is 11.3 Å². The normalized spacial score (nSPS) is 13.2. The number of amides is 2. The van der Waals surface area contributed by atoms with Gasteiger partial charge in [0.05, 0.1) is 5.69 Å². The molecule has 0 aliphatic heterocycles. The molecule has 0 aliphatic carbocycles. The van der Waals surface area contributed by atoms with Gasteiger partial charge in [0, 0.05) is 24.3 Å². The van der Waals surface area contributed by atoms with E-state index < -0.39 is 23.3 Å². The van der Waals surface area contributed by atoms with Crippen LogP contribution in [0.3, 0.4) is 0 Å². The Morgan fingerprint density at radius 3 is 2.27 bits per heavy atom. The van der Waals surface area contributed by atoms with Gasteiger partial charge in [0.25, 0.3) is 0 Å². The van der Waals surface area contributed by atoms with Crippen molar-refractivity contribution >= 4 is 12.2 Å². The Balaban J connectivity index is 2.02. The first kappa shape index (κ1) is 26.1. The lowest BCUT2D eigenvalue weighted by Gasteiger charge is -2.26. The Morgan fingerprint density at radius 2 is 1.70 bits per heavy atom. The summed E-state index contributed by atoms with van der Waals surface area (Å²) in [5, 5.41) is 0. The summed E-state index contributed by atoms with van der Waals surface area (Å²) >= 11 is 0. The van der Waals surface area contributed by atoms with Crippen molar-refractivity contribution in [2.45, 2.75) is 59.1 Å². The van der Waals surface area contributed by atoms with E-state index in [2.05, 4.69) is 23.8 Å². The first-order valence-corrected chi connectivity index (χ1v) is 10.8. The summed E-state index contributed by atoms with van der Waals surface area (Å²) in [7, 11) is 1.26. The molecule has 0 radical (unpaired) electrons. The molecule has 9 heteroatoms. The van der Waals surface area contributed by atoms with Gasteiger partial charge in [-0.3, -0.25) is 0 Å². The fourth-order valence-corrected chi connectivity index (χ4v) is 3.06. The van der Waals surface area contributed by atoms with Crippen LogP contribution in [-0.4, -0.2) is 51.8 Å². The summed E-state index contributed by atoms with van der Waals surface area (Å²) in [6, 6.07) is 8.83. The van der Waals surface area contributed by atoms with E-state index in [0.717, 1.165) is 16.9 Å². The Morgan fingerprint density at radius 1 is 1.06 bits per heavy atom. The van der Waals surface area contributed by atoms with Crippen LogP contribution < -0.4 is 15.2 Å². The molecule has 0 saturated carbocycles. The van der Waals surface area contributed by atoms with Crippen molar-refractivity contribution in [2.75, 3.05) is 13.7 Å². The average molecular weight is 459 g/mol. The fraction of sp³-hybridized carbons (Fsp3) is 0.500. The number of carbonyl (C=O) groups excluding carboxylic acids is 2. The Kier molecular flexibility index (Phi) is 8.38. The second-order valence-electron chi connectivity index (χ2n) is 9.70. The molecule has 0 fully saturated rings. The molecular weight excluding hydrogens is 424 g/mol. The van der Waals surface area contributed by atoms with Crippen LogP contribution in [-0.2, 0) is 4.74 Å². The van der Waals surface area contributed by atoms with Crippen LogP contribution in [0.15, 0.2) is 36.5 Å². The third-order valence-corrected chi connectivity index (χ3v) is 4.35. The predicted octanol–water partition coefficient (Wildman–Crippen LogP) is 4.65. The van der Waals surface area contributed by atoms with Crippen LogP contribution in [0.5, 0.6) is 11.8 Å². The third-order valence-electron chi connectivity index (χ3n) is 4.35. The summed E-state index contributed by atoms with van der Waals surface area (Å²) in [6.45, 7) is 11.7. The number of nitrogens with zero attached hydrogens (tertiary/aromatic N) is 3. The lowest BCUT2D eigenvalue weighted by molar-refractivity contribution is 0.0319. The molecular formula is C24H34N4O5. The van der Waals surface area contributed by atoms with Crippen molar-refractivity contribution in [1.29, 1.82) is 0 Å². The number of hydrogen-bond acceptors (Lipinski definition) is 8. The highest BCUT2D eigenvalue weighted by atomic mass is 16.6. The fourth-order valence-electron chi connectivity index (χ4n) is 3.06. The molecule has 2 rings (SSSR count). The third kappa shape index (κ3) is 8.69. The maximum absolute atomic E-state index is 12.2. The van der Waals surface area contributed by atoms with E-state index in [9.17, 15) is 9.59 Å². The van der Waals surface area contributed by atoms with Crippen molar-refractivity contribution in [1.82, 2.24) is 14.9 Å². The molecule has 1 aromatic heterocycles. The molecule has 1 atom stereocenters. The number of aromatic nitrogens is 2. The van der Waals surface area contributed by atoms with Gasteiger partial charge in [0.1, 0.15) is 18.0 Å². The van der Waals surface area contributed by atoms with Crippen molar-refractivity contribution in [3.63, 3.8) is 0 Å². The summed E-state index contributed by atoms with van der Waals surface area (Å²) < 4.78 is 16.1. The van der Waals surface area contributed by atoms with Crippen LogP contribution in [0.4, 0.5) is 9.59 Å². The molecule has 2 aromatic rings. The van der Waals surface area contributed by atoms with Gasteiger partial charge in [0.2, 0.25) is 0 Å². The second kappa shape index (κ2) is 10.6. The lowest BCUT2D eigenvalue weighted by Crippen LogP contribution is -2.43. The van der Waals surface area contributed by atoms with Gasteiger partial charge < -0.3 is 19.9 Å². The maximum Gasteiger partial charge on any atom is 0.426 e. The highest BCUT2D eigenvalue weighted by Gasteiger charge is 2.26. The number of rotatable bonds is 7. The molecule has 2 N–H and O–H groups in total. The molecule has 33 heavy (non-hydrogen) atoms. The van der Waals surface area contributed by atoms with E-state index in [1.807, 2.05) is 31.2 Å². The van der Waals surface area contributed by atoms with Crippen LogP contribution in [0.2, 0.25) is 0 Å². The standard InChI is InChI=1S/C24H34N4O5/c1-16(2)14-24(6,25)15-31-18-10-8-17(9-11-18)19-12-13-26-20(27-19)32-21(29)28(7)22(30)33-23(3,4)5/h8-13,16H,14-15,25H2,1-7H3/t24-/m0/s1. The highest BCUT2D eigenvalue weighted by molar-refractivity contribution is 5.88. The van der Waals surface area contributed by atoms with E-state index in [-0.39, 0.29) is 6.01 Å². The first-order chi connectivity index (χ1) is 15.3. The van der Waals surface area contributed by atoms with Gasteiger partial charge >= 0.3 is 18.2 Å². The average Bonchev–Trinajstić information content (AvgIpc) is 2.70. The van der Waals surface area contributed by atoms with Crippen LogP contribution in [0, 0.1) is 5.92 Å². The molecule has 1 heterocycles. The Bertz CT molecular complexity index is 952. The zero-order valence-electron chi connectivity index (χ0n) is 20.4. The minimum absolute atomic E-state index is 0.180. The van der Waals surface area contributed by atoms with Crippen LogP contribution >= 0.6 is 0 Å². The van der Waals surface area contributed by atoms with Crippen molar-refractivity contribution in [2.24, 2.45) is 11.7 Å². The van der Waals surface area contributed by atoms with E-state index in [0.29, 0.717) is 24.0 Å². The number of benzene rings is 1. The number of nitrogens with two attached hydrogens (primary N) is 1. The monoisotopic (exact) mass is 458 g/mol. The Hall–Kier alpha value is -3.20. The minimum Gasteiger partial charge on any atom is -0.492 e. The smallest absolute Gasteiger partial charge is 0.426 e. The molecule has 9 nitrogen and oxygen atoms in total. The molecule has 0 aliphatic rings. The van der Waals surface area contributed by atoms with Crippen LogP contribution in [0.1, 0.15) is 48.0 Å². The van der Waals surface area contributed by atoms with E-state index >= 15 is 0 Å². The van der Waals surface area contributed by atoms with Gasteiger partial charge in [-0.1, -0.05) is 13.8 Å². The molecule has 0 unspecified atom stereocenters. The largest absolute Gasteiger partial charge is 0.492 e. The number of hydrogen-bond donors (Lipinski definition) is 1. The quantitative estimate of drug-likeness (QED) is 0.637. The molecule has 2 amide bonds. The van der Waals surface area contributed by atoms with Gasteiger partial charge in [-0.05, 0) is 70.4 Å². The molecule has 0 spiro atoms. The number of imide groups is 1. The van der Waals surface area contributed by atoms with E-state index in [1.54, 1.807) is 26.8 Å².